The summed E-state index contributed by atoms with van der Waals surface area (Å²) in [5, 5.41) is 4.58. The molecule has 0 radical (unpaired) electrons. The predicted octanol–water partition coefficient (Wildman–Crippen LogP) is 2.43. The van der Waals surface area contributed by atoms with Crippen molar-refractivity contribution in [3.8, 4) is 0 Å². The second-order valence-corrected chi connectivity index (χ2v) is 6.49. The van der Waals surface area contributed by atoms with Gasteiger partial charge < -0.3 is 10.1 Å². The van der Waals surface area contributed by atoms with Crippen LogP contribution in [0.2, 0.25) is 0 Å². The van der Waals surface area contributed by atoms with Gasteiger partial charge >= 0.3 is 12.0 Å². The highest BCUT2D eigenvalue weighted by molar-refractivity contribution is 5.99. The Labute approximate surface area is 153 Å². The Hall–Kier alpha value is -2.70. The van der Waals surface area contributed by atoms with Gasteiger partial charge in [0.1, 0.15) is 0 Å². The molecular weight excluding hydrogens is 336 g/mol. The number of rotatable bonds is 7. The number of esters is 1. The Kier molecular flexibility index (Phi) is 7.96. The van der Waals surface area contributed by atoms with E-state index in [2.05, 4.69) is 10.6 Å². The lowest BCUT2D eigenvalue weighted by Crippen LogP contribution is -2.46. The van der Waals surface area contributed by atoms with Crippen LogP contribution in [0.15, 0.2) is 18.2 Å². The van der Waals surface area contributed by atoms with Gasteiger partial charge in [0.15, 0.2) is 11.9 Å². The number of urea groups is 1. The van der Waals surface area contributed by atoms with Crippen LogP contribution in [-0.4, -0.2) is 35.8 Å². The average molecular weight is 362 g/mol. The van der Waals surface area contributed by atoms with E-state index in [1.54, 1.807) is 19.9 Å². The summed E-state index contributed by atoms with van der Waals surface area (Å²) in [4.78, 5) is 47.4. The second-order valence-electron chi connectivity index (χ2n) is 6.49. The molecule has 0 spiro atoms. The van der Waals surface area contributed by atoms with Gasteiger partial charge in [-0.1, -0.05) is 17.7 Å². The number of benzene rings is 1. The quantitative estimate of drug-likeness (QED) is 0.573. The lowest BCUT2D eigenvalue weighted by Gasteiger charge is -2.14. The summed E-state index contributed by atoms with van der Waals surface area (Å²) in [6, 6.07) is 4.77. The van der Waals surface area contributed by atoms with Crippen molar-refractivity contribution in [2.45, 2.75) is 59.6 Å². The molecule has 0 aliphatic rings. The Balaban J connectivity index is 2.48. The fraction of sp³-hybridized carbons (Fsp3) is 0.474. The highest BCUT2D eigenvalue weighted by Crippen LogP contribution is 2.14. The first-order chi connectivity index (χ1) is 12.1. The number of amides is 3. The zero-order valence-electron chi connectivity index (χ0n) is 15.8. The first-order valence-corrected chi connectivity index (χ1v) is 8.51. The van der Waals surface area contributed by atoms with Crippen molar-refractivity contribution >= 4 is 23.7 Å². The third kappa shape index (κ3) is 7.04. The Morgan fingerprint density at radius 3 is 2.31 bits per heavy atom. The molecule has 0 fully saturated rings. The van der Waals surface area contributed by atoms with Crippen LogP contribution < -0.4 is 10.6 Å². The topological polar surface area (TPSA) is 102 Å². The van der Waals surface area contributed by atoms with Gasteiger partial charge in [-0.2, -0.15) is 0 Å². The van der Waals surface area contributed by atoms with Crippen molar-refractivity contribution in [1.82, 2.24) is 10.6 Å². The highest BCUT2D eigenvalue weighted by Gasteiger charge is 2.21. The molecule has 1 aromatic rings. The number of carbonyl (C=O) groups is 4. The molecule has 0 saturated carbocycles. The van der Waals surface area contributed by atoms with Gasteiger partial charge in [0.2, 0.25) is 0 Å². The number of ketones is 1. The number of ether oxygens (including phenoxy) is 1. The summed E-state index contributed by atoms with van der Waals surface area (Å²) in [6.07, 6.45) is -1.27. The molecule has 1 aromatic carbocycles. The van der Waals surface area contributed by atoms with Gasteiger partial charge in [-0.25, -0.2) is 4.79 Å². The van der Waals surface area contributed by atoms with Crippen LogP contribution in [0.1, 0.15) is 55.1 Å². The fourth-order valence-electron chi connectivity index (χ4n) is 2.21. The summed E-state index contributed by atoms with van der Waals surface area (Å²) < 4.78 is 4.98. The Morgan fingerprint density at radius 1 is 1.04 bits per heavy atom. The number of aryl methyl sites for hydroxylation is 2. The smallest absolute Gasteiger partial charge is 0.321 e. The molecule has 0 aromatic heterocycles. The van der Waals surface area contributed by atoms with Crippen LogP contribution in [0.5, 0.6) is 0 Å². The molecule has 1 atom stereocenters. The number of hydrogen-bond donors (Lipinski definition) is 2. The van der Waals surface area contributed by atoms with Crippen LogP contribution >= 0.6 is 0 Å². The van der Waals surface area contributed by atoms with Gasteiger partial charge in [-0.05, 0) is 46.2 Å². The van der Waals surface area contributed by atoms with Gasteiger partial charge in [0.05, 0.1) is 6.42 Å². The number of imide groups is 1. The first-order valence-electron chi connectivity index (χ1n) is 8.51. The van der Waals surface area contributed by atoms with Crippen LogP contribution in [0.25, 0.3) is 0 Å². The molecule has 1 rings (SSSR count). The third-order valence-electron chi connectivity index (χ3n) is 3.58. The van der Waals surface area contributed by atoms with Crippen molar-refractivity contribution in [2.75, 3.05) is 0 Å². The fourth-order valence-corrected chi connectivity index (χ4v) is 2.21. The molecule has 0 unspecified atom stereocenters. The Bertz CT molecular complexity index is 697. The summed E-state index contributed by atoms with van der Waals surface area (Å²) >= 11 is 0. The monoisotopic (exact) mass is 362 g/mol. The molecule has 26 heavy (non-hydrogen) atoms. The van der Waals surface area contributed by atoms with Gasteiger partial charge in [0.25, 0.3) is 5.91 Å². The minimum absolute atomic E-state index is 0.00863. The third-order valence-corrected chi connectivity index (χ3v) is 3.58. The van der Waals surface area contributed by atoms with Crippen molar-refractivity contribution in [3.63, 3.8) is 0 Å². The standard InChI is InChI=1S/C19H26N2O5/c1-11(2)20-19(25)21-18(24)14(5)26-17(23)9-8-16(22)15-10-12(3)6-7-13(15)4/h6-7,10-11,14H,8-9H2,1-5H3,(H2,20,21,24,25)/t14-/m1/s1. The maximum atomic E-state index is 12.2. The van der Waals surface area contributed by atoms with Crippen molar-refractivity contribution in [2.24, 2.45) is 0 Å². The molecule has 7 heteroatoms. The van der Waals surface area contributed by atoms with E-state index in [9.17, 15) is 19.2 Å². The van der Waals surface area contributed by atoms with Crippen LogP contribution in [-0.2, 0) is 14.3 Å². The minimum atomic E-state index is -1.13. The molecule has 7 nitrogen and oxygen atoms in total. The minimum Gasteiger partial charge on any atom is -0.453 e. The summed E-state index contributed by atoms with van der Waals surface area (Å²) in [5.74, 6) is -1.55. The zero-order chi connectivity index (χ0) is 19.9. The molecule has 0 aliphatic carbocycles. The molecular formula is C19H26N2O5. The highest BCUT2D eigenvalue weighted by atomic mass is 16.5. The van der Waals surface area contributed by atoms with Gasteiger partial charge in [0, 0.05) is 18.0 Å². The van der Waals surface area contributed by atoms with E-state index in [4.69, 9.17) is 4.74 Å². The number of nitrogens with one attached hydrogen (secondary N) is 2. The number of hydrogen-bond acceptors (Lipinski definition) is 5. The summed E-state index contributed by atoms with van der Waals surface area (Å²) in [7, 11) is 0. The number of carbonyl (C=O) groups excluding carboxylic acids is 4. The normalized spacial score (nSPS) is 11.6. The Morgan fingerprint density at radius 2 is 1.69 bits per heavy atom. The number of Topliss-reactive ketones (excluding diaryl/α,β-unsaturated/α-hetero) is 1. The van der Waals surface area contributed by atoms with E-state index < -0.39 is 24.0 Å². The molecule has 0 aliphatic heterocycles. The lowest BCUT2D eigenvalue weighted by atomic mass is 9.99. The molecule has 0 bridgehead atoms. The molecule has 2 N–H and O–H groups in total. The van der Waals surface area contributed by atoms with Gasteiger partial charge in [-0.3, -0.25) is 19.7 Å². The SMILES string of the molecule is Cc1ccc(C)c(C(=O)CCC(=O)O[C@H](C)C(=O)NC(=O)NC(C)C)c1. The van der Waals surface area contributed by atoms with Crippen molar-refractivity contribution in [1.29, 1.82) is 0 Å². The van der Waals surface area contributed by atoms with Crippen LogP contribution in [0.3, 0.4) is 0 Å². The largest absolute Gasteiger partial charge is 0.453 e. The van der Waals surface area contributed by atoms with E-state index in [0.29, 0.717) is 5.56 Å². The van der Waals surface area contributed by atoms with E-state index in [0.717, 1.165) is 11.1 Å². The maximum Gasteiger partial charge on any atom is 0.321 e. The molecule has 3 amide bonds. The van der Waals surface area contributed by atoms with E-state index >= 15 is 0 Å². The van der Waals surface area contributed by atoms with Crippen molar-refractivity contribution < 1.29 is 23.9 Å². The molecule has 0 saturated heterocycles. The van der Waals surface area contributed by atoms with E-state index in [1.165, 1.54) is 6.92 Å². The lowest BCUT2D eigenvalue weighted by molar-refractivity contribution is -0.154. The van der Waals surface area contributed by atoms with Crippen LogP contribution in [0, 0.1) is 13.8 Å². The van der Waals surface area contributed by atoms with E-state index in [-0.39, 0.29) is 24.7 Å². The van der Waals surface area contributed by atoms with Gasteiger partial charge in [-0.15, -0.1) is 0 Å². The zero-order valence-corrected chi connectivity index (χ0v) is 15.8. The summed E-state index contributed by atoms with van der Waals surface area (Å²) in [6.45, 7) is 8.59. The molecule has 0 heterocycles. The maximum absolute atomic E-state index is 12.2. The first kappa shape index (κ1) is 21.3. The predicted molar refractivity (Wildman–Crippen MR) is 96.8 cm³/mol. The average Bonchev–Trinajstić information content (AvgIpc) is 2.53. The molecule has 142 valence electrons. The van der Waals surface area contributed by atoms with Crippen LogP contribution in [0.4, 0.5) is 4.79 Å². The van der Waals surface area contributed by atoms with E-state index in [1.807, 2.05) is 26.0 Å². The summed E-state index contributed by atoms with van der Waals surface area (Å²) in [5.41, 5.74) is 2.39. The second kappa shape index (κ2) is 9.70. The van der Waals surface area contributed by atoms with Crippen molar-refractivity contribution in [3.05, 3.63) is 34.9 Å².